The van der Waals surface area contributed by atoms with Crippen LogP contribution in [0.4, 0.5) is 0 Å². The lowest BCUT2D eigenvalue weighted by molar-refractivity contribution is 0.581. The number of thioether (sulfide) groups is 1. The van der Waals surface area contributed by atoms with Gasteiger partial charge < -0.3 is 4.42 Å². The van der Waals surface area contributed by atoms with Crippen molar-refractivity contribution in [2.45, 2.75) is 24.2 Å². The number of fused-ring (bicyclic) bond motifs is 1. The van der Waals surface area contributed by atoms with E-state index >= 15 is 0 Å². The van der Waals surface area contributed by atoms with Crippen LogP contribution in [0.15, 0.2) is 33.8 Å². The quantitative estimate of drug-likeness (QED) is 0.760. The summed E-state index contributed by atoms with van der Waals surface area (Å²) in [5, 5.41) is 9.35. The van der Waals surface area contributed by atoms with Gasteiger partial charge in [0.2, 0.25) is 0 Å². The van der Waals surface area contributed by atoms with Crippen molar-refractivity contribution in [2.75, 3.05) is 6.26 Å². The van der Waals surface area contributed by atoms with E-state index in [0.29, 0.717) is 0 Å². The Hall–Kier alpha value is -1.66. The van der Waals surface area contributed by atoms with Gasteiger partial charge in [-0.2, -0.15) is 5.26 Å². The number of hydrogen-bond donors (Lipinski definition) is 0. The van der Waals surface area contributed by atoms with Crippen LogP contribution in [0.1, 0.15) is 23.1 Å². The van der Waals surface area contributed by atoms with Crippen LogP contribution in [-0.4, -0.2) is 6.26 Å². The number of rotatable bonds is 2. The van der Waals surface area contributed by atoms with Crippen molar-refractivity contribution < 1.29 is 4.42 Å². The van der Waals surface area contributed by atoms with Gasteiger partial charge in [-0.1, -0.05) is 0 Å². The number of hydrogen-bond acceptors (Lipinski definition) is 3. The number of benzene rings is 1. The molecule has 0 atom stereocenters. The lowest BCUT2D eigenvalue weighted by atomic mass is 9.97. The molecule has 1 aliphatic carbocycles. The maximum absolute atomic E-state index is 9.35. The first-order valence-electron chi connectivity index (χ1n) is 6.02. The average Bonchev–Trinajstić information content (AvgIpc) is 3.07. The van der Waals surface area contributed by atoms with E-state index in [1.54, 1.807) is 18.0 Å². The first-order valence-corrected chi connectivity index (χ1v) is 7.24. The van der Waals surface area contributed by atoms with Crippen LogP contribution >= 0.6 is 11.8 Å². The number of furan rings is 1. The summed E-state index contributed by atoms with van der Waals surface area (Å²) < 4.78 is 5.53. The summed E-state index contributed by atoms with van der Waals surface area (Å²) in [5.74, 6) is 0.910. The molecule has 0 bridgehead atoms. The SMILES string of the molecule is CSc1cc(-c2ccco2)c2c(c1C#N)CCC2. The Morgan fingerprint density at radius 1 is 1.33 bits per heavy atom. The van der Waals surface area contributed by atoms with Gasteiger partial charge in [0.15, 0.2) is 0 Å². The second-order valence-electron chi connectivity index (χ2n) is 4.40. The molecule has 1 aliphatic rings. The molecule has 3 heteroatoms. The van der Waals surface area contributed by atoms with Gasteiger partial charge in [0.25, 0.3) is 0 Å². The summed E-state index contributed by atoms with van der Waals surface area (Å²) in [7, 11) is 0. The first kappa shape index (κ1) is 11.4. The molecule has 2 nitrogen and oxygen atoms in total. The van der Waals surface area contributed by atoms with Crippen molar-refractivity contribution in [3.63, 3.8) is 0 Å². The molecule has 0 fully saturated rings. The summed E-state index contributed by atoms with van der Waals surface area (Å²) in [5.41, 5.74) is 4.57. The zero-order valence-electron chi connectivity index (χ0n) is 10.2. The zero-order valence-corrected chi connectivity index (χ0v) is 11.0. The summed E-state index contributed by atoms with van der Waals surface area (Å²) in [6, 6.07) is 8.37. The van der Waals surface area contributed by atoms with Crippen LogP contribution in [0.5, 0.6) is 0 Å². The van der Waals surface area contributed by atoms with Gasteiger partial charge in [-0.3, -0.25) is 0 Å². The van der Waals surface area contributed by atoms with E-state index in [0.717, 1.165) is 41.0 Å². The highest BCUT2D eigenvalue weighted by Crippen LogP contribution is 2.39. The summed E-state index contributed by atoms with van der Waals surface area (Å²) >= 11 is 1.63. The molecule has 3 rings (SSSR count). The van der Waals surface area contributed by atoms with Crippen LogP contribution < -0.4 is 0 Å². The van der Waals surface area contributed by atoms with Gasteiger partial charge in [0.05, 0.1) is 11.8 Å². The third-order valence-electron chi connectivity index (χ3n) is 3.48. The third kappa shape index (κ3) is 1.65. The molecule has 90 valence electrons. The molecule has 0 saturated carbocycles. The fraction of sp³-hybridized carbons (Fsp3) is 0.267. The van der Waals surface area contributed by atoms with Crippen LogP contribution in [0, 0.1) is 11.3 Å². The van der Waals surface area contributed by atoms with Crippen LogP contribution in [0.2, 0.25) is 0 Å². The molecule has 0 amide bonds. The Kier molecular flexibility index (Phi) is 2.89. The van der Waals surface area contributed by atoms with E-state index in [1.165, 1.54) is 11.1 Å². The monoisotopic (exact) mass is 255 g/mol. The Morgan fingerprint density at radius 3 is 2.83 bits per heavy atom. The van der Waals surface area contributed by atoms with E-state index in [9.17, 15) is 5.26 Å². The molecule has 0 aliphatic heterocycles. The Balaban J connectivity index is 2.29. The van der Waals surface area contributed by atoms with Crippen molar-refractivity contribution >= 4 is 11.8 Å². The second kappa shape index (κ2) is 4.55. The molecular weight excluding hydrogens is 242 g/mol. The molecule has 0 unspecified atom stereocenters. The average molecular weight is 255 g/mol. The number of nitrogens with zero attached hydrogens (tertiary/aromatic N) is 1. The van der Waals surface area contributed by atoms with E-state index in [2.05, 4.69) is 12.1 Å². The van der Waals surface area contributed by atoms with Gasteiger partial charge >= 0.3 is 0 Å². The Labute approximate surface area is 111 Å². The van der Waals surface area contributed by atoms with Crippen molar-refractivity contribution in [3.8, 4) is 17.4 Å². The standard InChI is InChI=1S/C15H13NOS/c1-18-15-8-12(14-6-3-7-17-14)10-4-2-5-11(10)13(15)9-16/h3,6-8H,2,4-5H2,1H3. The highest BCUT2D eigenvalue weighted by atomic mass is 32.2. The molecule has 0 spiro atoms. The molecule has 0 radical (unpaired) electrons. The molecule has 1 aromatic heterocycles. The van der Waals surface area contributed by atoms with Crippen molar-refractivity contribution in [1.82, 2.24) is 0 Å². The molecule has 0 saturated heterocycles. The maximum Gasteiger partial charge on any atom is 0.134 e. The summed E-state index contributed by atoms with van der Waals surface area (Å²) in [6.45, 7) is 0. The molecular formula is C15H13NOS. The predicted molar refractivity (Wildman–Crippen MR) is 72.7 cm³/mol. The minimum atomic E-state index is 0.866. The number of nitriles is 1. The molecule has 1 aromatic carbocycles. The predicted octanol–water partition coefficient (Wildman–Crippen LogP) is 4.03. The molecule has 0 N–H and O–H groups in total. The minimum Gasteiger partial charge on any atom is -0.464 e. The fourth-order valence-corrected chi connectivity index (χ4v) is 3.30. The van der Waals surface area contributed by atoms with Crippen molar-refractivity contribution in [1.29, 1.82) is 5.26 Å². The van der Waals surface area contributed by atoms with Crippen molar-refractivity contribution in [3.05, 3.63) is 41.2 Å². The largest absolute Gasteiger partial charge is 0.464 e. The smallest absolute Gasteiger partial charge is 0.134 e. The Morgan fingerprint density at radius 2 is 2.17 bits per heavy atom. The Bertz CT molecular complexity index is 623. The van der Waals surface area contributed by atoms with Gasteiger partial charge in [-0.25, -0.2) is 0 Å². The van der Waals surface area contributed by atoms with Crippen LogP contribution in [-0.2, 0) is 12.8 Å². The maximum atomic E-state index is 9.35. The lowest BCUT2D eigenvalue weighted by Crippen LogP contribution is -1.95. The highest BCUT2D eigenvalue weighted by molar-refractivity contribution is 7.98. The zero-order chi connectivity index (χ0) is 12.5. The highest BCUT2D eigenvalue weighted by Gasteiger charge is 2.23. The summed E-state index contributed by atoms with van der Waals surface area (Å²) in [4.78, 5) is 1.06. The van der Waals surface area contributed by atoms with Crippen molar-refractivity contribution in [2.24, 2.45) is 0 Å². The molecule has 1 heterocycles. The van der Waals surface area contributed by atoms with Crippen LogP contribution in [0.3, 0.4) is 0 Å². The minimum absolute atomic E-state index is 0.866. The second-order valence-corrected chi connectivity index (χ2v) is 5.25. The van der Waals surface area contributed by atoms with Gasteiger partial charge in [0, 0.05) is 10.5 Å². The van der Waals surface area contributed by atoms with E-state index in [-0.39, 0.29) is 0 Å². The third-order valence-corrected chi connectivity index (χ3v) is 4.25. The lowest BCUT2D eigenvalue weighted by Gasteiger charge is -2.11. The molecule has 18 heavy (non-hydrogen) atoms. The van der Waals surface area contributed by atoms with Gasteiger partial charge in [0.1, 0.15) is 11.8 Å². The fourth-order valence-electron chi connectivity index (χ4n) is 2.69. The molecule has 2 aromatic rings. The first-order chi connectivity index (χ1) is 8.85. The van der Waals surface area contributed by atoms with Crippen LogP contribution in [0.25, 0.3) is 11.3 Å². The van der Waals surface area contributed by atoms with Gasteiger partial charge in [-0.15, -0.1) is 11.8 Å². The topological polar surface area (TPSA) is 36.9 Å². The van der Waals surface area contributed by atoms with E-state index in [1.807, 2.05) is 18.4 Å². The normalized spacial score (nSPS) is 13.3. The summed E-state index contributed by atoms with van der Waals surface area (Å²) in [6.07, 6.45) is 6.92. The van der Waals surface area contributed by atoms with Gasteiger partial charge in [-0.05, 0) is 54.8 Å². The van der Waals surface area contributed by atoms with E-state index < -0.39 is 0 Å². The van der Waals surface area contributed by atoms with E-state index in [4.69, 9.17) is 4.42 Å².